The van der Waals surface area contributed by atoms with Gasteiger partial charge in [-0.15, -0.1) is 0 Å². The molecule has 0 spiro atoms. The largest absolute Gasteiger partial charge is 0.456 e. The van der Waals surface area contributed by atoms with E-state index in [1.807, 2.05) is 6.92 Å². The highest BCUT2D eigenvalue weighted by Gasteiger charge is 2.33. The van der Waals surface area contributed by atoms with E-state index in [9.17, 15) is 9.59 Å². The minimum absolute atomic E-state index is 0.0354. The number of hydrogen-bond acceptors (Lipinski definition) is 3. The number of carbonyl (C=O) groups is 2. The van der Waals surface area contributed by atoms with E-state index in [4.69, 9.17) is 4.42 Å². The molecule has 0 bridgehead atoms. The zero-order valence-corrected chi connectivity index (χ0v) is 11.2. The van der Waals surface area contributed by atoms with E-state index in [1.165, 1.54) is 0 Å². The maximum atomic E-state index is 12.3. The van der Waals surface area contributed by atoms with E-state index in [-0.39, 0.29) is 22.2 Å². The molecule has 1 aromatic carbocycles. The van der Waals surface area contributed by atoms with Crippen LogP contribution in [0.4, 0.5) is 0 Å². The normalized spacial score (nSPS) is 15.2. The molecule has 0 saturated carbocycles. The lowest BCUT2D eigenvalue weighted by Crippen LogP contribution is -2.18. The molecule has 0 radical (unpaired) electrons. The molecule has 18 heavy (non-hydrogen) atoms. The Morgan fingerprint density at radius 2 is 1.67 bits per heavy atom. The summed E-state index contributed by atoms with van der Waals surface area (Å²) in [6.45, 7) is 1.88. The first kappa shape index (κ1) is 11.4. The van der Waals surface area contributed by atoms with Gasteiger partial charge in [-0.1, -0.05) is 40.2 Å². The number of ketones is 2. The molecule has 1 aliphatic rings. The fraction of sp³-hybridized carbons (Fsp3) is 0.143. The Kier molecular flexibility index (Phi) is 2.48. The summed E-state index contributed by atoms with van der Waals surface area (Å²) in [5.74, 6) is 0.373. The third-order valence-electron chi connectivity index (χ3n) is 3.01. The fourth-order valence-corrected chi connectivity index (χ4v) is 2.32. The quantitative estimate of drug-likeness (QED) is 0.646. The van der Waals surface area contributed by atoms with Crippen LogP contribution in [0.2, 0.25) is 0 Å². The first-order valence-electron chi connectivity index (χ1n) is 5.56. The Bertz CT molecular complexity index is 615. The summed E-state index contributed by atoms with van der Waals surface area (Å²) in [6.07, 6.45) is 0. The standard InChI is InChI=1S/C14H9BrO3/c1-7(15)11-6-10-12(16)8-4-2-3-5-9(8)13(17)14(10)18-11/h2-7H,1H3. The lowest BCUT2D eigenvalue weighted by Gasteiger charge is -2.11. The molecule has 90 valence electrons. The van der Waals surface area contributed by atoms with Gasteiger partial charge in [-0.25, -0.2) is 0 Å². The maximum absolute atomic E-state index is 12.3. The van der Waals surface area contributed by atoms with E-state index in [0.29, 0.717) is 22.5 Å². The van der Waals surface area contributed by atoms with Crippen molar-refractivity contribution >= 4 is 27.5 Å². The molecule has 4 heteroatoms. The highest BCUT2D eigenvalue weighted by Crippen LogP contribution is 2.33. The lowest BCUT2D eigenvalue weighted by atomic mass is 9.88. The van der Waals surface area contributed by atoms with Crippen molar-refractivity contribution in [2.75, 3.05) is 0 Å². The first-order valence-corrected chi connectivity index (χ1v) is 6.47. The van der Waals surface area contributed by atoms with Crippen LogP contribution in [0.1, 0.15) is 49.6 Å². The highest BCUT2D eigenvalue weighted by molar-refractivity contribution is 9.09. The number of alkyl halides is 1. The molecule has 0 fully saturated rings. The van der Waals surface area contributed by atoms with Crippen molar-refractivity contribution < 1.29 is 14.0 Å². The lowest BCUT2D eigenvalue weighted by molar-refractivity contribution is 0.0959. The molecule has 2 aromatic rings. The van der Waals surface area contributed by atoms with Crippen molar-refractivity contribution in [2.45, 2.75) is 11.8 Å². The predicted octanol–water partition coefficient (Wildman–Crippen LogP) is 3.51. The first-order chi connectivity index (χ1) is 8.59. The van der Waals surface area contributed by atoms with E-state index in [2.05, 4.69) is 15.9 Å². The molecule has 0 aliphatic heterocycles. The van der Waals surface area contributed by atoms with Crippen LogP contribution in [0, 0.1) is 0 Å². The van der Waals surface area contributed by atoms with Crippen molar-refractivity contribution in [3.63, 3.8) is 0 Å². The van der Waals surface area contributed by atoms with Crippen LogP contribution in [0.15, 0.2) is 34.7 Å². The van der Waals surface area contributed by atoms with Gasteiger partial charge in [0.15, 0.2) is 11.5 Å². The molecule has 1 heterocycles. The maximum Gasteiger partial charge on any atom is 0.229 e. The Hall–Kier alpha value is -1.68. The number of furan rings is 1. The van der Waals surface area contributed by atoms with Gasteiger partial charge in [-0.3, -0.25) is 9.59 Å². The number of carbonyl (C=O) groups excluding carboxylic acids is 2. The third kappa shape index (κ3) is 1.49. The molecule has 1 atom stereocenters. The Balaban J connectivity index is 2.24. The SMILES string of the molecule is CC(Br)c1cc2c(o1)C(=O)c1ccccc1C2=O. The summed E-state index contributed by atoms with van der Waals surface area (Å²) in [6, 6.07) is 8.46. The molecular weight excluding hydrogens is 296 g/mol. The van der Waals surface area contributed by atoms with E-state index in [0.717, 1.165) is 0 Å². The number of rotatable bonds is 1. The summed E-state index contributed by atoms with van der Waals surface area (Å²) in [7, 11) is 0. The van der Waals surface area contributed by atoms with E-state index in [1.54, 1.807) is 30.3 Å². The van der Waals surface area contributed by atoms with Crippen molar-refractivity contribution in [3.8, 4) is 0 Å². The Labute approximate surface area is 112 Å². The zero-order valence-electron chi connectivity index (χ0n) is 9.57. The minimum Gasteiger partial charge on any atom is -0.456 e. The molecule has 3 nitrogen and oxygen atoms in total. The molecular formula is C14H9BrO3. The molecule has 0 N–H and O–H groups in total. The van der Waals surface area contributed by atoms with Gasteiger partial charge in [-0.2, -0.15) is 0 Å². The highest BCUT2D eigenvalue weighted by atomic mass is 79.9. The molecule has 1 unspecified atom stereocenters. The summed E-state index contributed by atoms with van der Waals surface area (Å²) < 4.78 is 5.49. The number of halogens is 1. The summed E-state index contributed by atoms with van der Waals surface area (Å²) in [5.41, 5.74) is 1.22. The van der Waals surface area contributed by atoms with Gasteiger partial charge in [-0.05, 0) is 13.0 Å². The van der Waals surface area contributed by atoms with Gasteiger partial charge in [0, 0.05) is 11.1 Å². The molecule has 1 aliphatic carbocycles. The second kappa shape index (κ2) is 3.92. The molecule has 3 rings (SSSR count). The van der Waals surface area contributed by atoms with Crippen molar-refractivity contribution in [2.24, 2.45) is 0 Å². The van der Waals surface area contributed by atoms with Gasteiger partial charge in [0.1, 0.15) is 5.76 Å². The average molecular weight is 305 g/mol. The van der Waals surface area contributed by atoms with Gasteiger partial charge in [0.25, 0.3) is 0 Å². The Morgan fingerprint density at radius 1 is 1.06 bits per heavy atom. The summed E-state index contributed by atoms with van der Waals surface area (Å²) in [5, 5.41) is 0. The number of benzene rings is 1. The summed E-state index contributed by atoms with van der Waals surface area (Å²) >= 11 is 3.37. The predicted molar refractivity (Wildman–Crippen MR) is 69.4 cm³/mol. The van der Waals surface area contributed by atoms with Gasteiger partial charge in [0.2, 0.25) is 5.78 Å². The van der Waals surface area contributed by atoms with Crippen molar-refractivity contribution in [3.05, 3.63) is 58.5 Å². The fourth-order valence-electron chi connectivity index (χ4n) is 2.09. The molecule has 0 amide bonds. The summed E-state index contributed by atoms with van der Waals surface area (Å²) in [4.78, 5) is 24.5. The monoisotopic (exact) mass is 304 g/mol. The van der Waals surface area contributed by atoms with Crippen molar-refractivity contribution in [1.82, 2.24) is 0 Å². The van der Waals surface area contributed by atoms with E-state index >= 15 is 0 Å². The van der Waals surface area contributed by atoms with Gasteiger partial charge >= 0.3 is 0 Å². The van der Waals surface area contributed by atoms with Gasteiger partial charge in [0.05, 0.1) is 10.4 Å². The van der Waals surface area contributed by atoms with Crippen LogP contribution in [0.3, 0.4) is 0 Å². The van der Waals surface area contributed by atoms with Crippen LogP contribution in [-0.2, 0) is 0 Å². The van der Waals surface area contributed by atoms with E-state index < -0.39 is 0 Å². The minimum atomic E-state index is -0.223. The van der Waals surface area contributed by atoms with Gasteiger partial charge < -0.3 is 4.42 Å². The number of fused-ring (bicyclic) bond motifs is 2. The third-order valence-corrected chi connectivity index (χ3v) is 3.46. The average Bonchev–Trinajstić information content (AvgIpc) is 2.81. The second-order valence-corrected chi connectivity index (χ2v) is 5.58. The van der Waals surface area contributed by atoms with Crippen LogP contribution < -0.4 is 0 Å². The number of hydrogen-bond donors (Lipinski definition) is 0. The van der Waals surface area contributed by atoms with Crippen LogP contribution in [0.25, 0.3) is 0 Å². The van der Waals surface area contributed by atoms with Crippen LogP contribution in [-0.4, -0.2) is 11.6 Å². The second-order valence-electron chi connectivity index (χ2n) is 4.21. The van der Waals surface area contributed by atoms with Crippen LogP contribution >= 0.6 is 15.9 Å². The smallest absolute Gasteiger partial charge is 0.229 e. The molecule has 1 aromatic heterocycles. The molecule has 0 saturated heterocycles. The zero-order chi connectivity index (χ0) is 12.9. The van der Waals surface area contributed by atoms with Crippen LogP contribution in [0.5, 0.6) is 0 Å². The Morgan fingerprint density at radius 3 is 2.28 bits per heavy atom. The topological polar surface area (TPSA) is 47.3 Å². The van der Waals surface area contributed by atoms with Crippen molar-refractivity contribution in [1.29, 1.82) is 0 Å².